The van der Waals surface area contributed by atoms with Gasteiger partial charge in [-0.15, -0.1) is 0 Å². The van der Waals surface area contributed by atoms with Gasteiger partial charge in [0.05, 0.1) is 11.4 Å². The number of amides is 2. The van der Waals surface area contributed by atoms with E-state index in [1.165, 1.54) is 38.1 Å². The molecule has 2 N–H and O–H groups in total. The molecule has 0 radical (unpaired) electrons. The van der Waals surface area contributed by atoms with Gasteiger partial charge in [-0.05, 0) is 117 Å². The minimum Gasteiger partial charge on any atom is -0.321 e. The largest absolute Gasteiger partial charge is 0.411 e. The molecule has 0 saturated carbocycles. The summed E-state index contributed by atoms with van der Waals surface area (Å²) < 4.78 is 91.6. The minimum absolute atomic E-state index is 0.0233. The lowest BCUT2D eigenvalue weighted by Crippen LogP contribution is -2.55. The zero-order chi connectivity index (χ0) is 33.5. The molecule has 0 heterocycles. The first kappa shape index (κ1) is 34.2. The molecule has 45 heavy (non-hydrogen) atoms. The Morgan fingerprint density at radius 1 is 0.578 bits per heavy atom. The van der Waals surface area contributed by atoms with Crippen LogP contribution in [-0.4, -0.2) is 24.2 Å². The van der Waals surface area contributed by atoms with Gasteiger partial charge in [-0.2, -0.15) is 26.3 Å². The molecule has 0 bridgehead atoms. The van der Waals surface area contributed by atoms with Crippen LogP contribution < -0.4 is 10.6 Å². The first-order chi connectivity index (χ1) is 20.9. The normalized spacial score (nSPS) is 12.2. The average molecular weight is 756 g/mol. The molecule has 0 aliphatic carbocycles. The summed E-state index contributed by atoms with van der Waals surface area (Å²) in [5.41, 5.74) is -6.80. The van der Waals surface area contributed by atoms with Crippen molar-refractivity contribution in [3.63, 3.8) is 0 Å². The monoisotopic (exact) mass is 754 g/mol. The Morgan fingerprint density at radius 2 is 0.889 bits per heavy atom. The van der Waals surface area contributed by atoms with Crippen LogP contribution in [0.3, 0.4) is 0 Å². The highest BCUT2D eigenvalue weighted by Gasteiger charge is 2.73. The smallest absolute Gasteiger partial charge is 0.321 e. The molecule has 0 spiro atoms. The topological polar surface area (TPSA) is 58.2 Å². The SMILES string of the molecule is Cc1cc(C(c2cc(C)c(NC(=O)c3ccccc3)c(Br)c2C)(C(F)(F)F)C(F)(F)F)c(C)c(Br)c1NC(=O)c1ccccc1. The second-order valence-corrected chi connectivity index (χ2v) is 12.1. The zero-order valence-electron chi connectivity index (χ0n) is 24.3. The van der Waals surface area contributed by atoms with E-state index in [-0.39, 0.29) is 53.7 Å². The summed E-state index contributed by atoms with van der Waals surface area (Å²) in [5, 5.41) is 5.21. The van der Waals surface area contributed by atoms with E-state index in [0.717, 1.165) is 26.0 Å². The van der Waals surface area contributed by atoms with Crippen molar-refractivity contribution in [2.24, 2.45) is 0 Å². The number of carbonyl (C=O) groups is 2. The van der Waals surface area contributed by atoms with Gasteiger partial charge in [0.2, 0.25) is 5.41 Å². The molecule has 0 aliphatic heterocycles. The minimum atomic E-state index is -5.87. The highest BCUT2D eigenvalue weighted by Crippen LogP contribution is 2.59. The summed E-state index contributed by atoms with van der Waals surface area (Å²) in [6.07, 6.45) is -11.7. The van der Waals surface area contributed by atoms with E-state index in [2.05, 4.69) is 42.5 Å². The third kappa shape index (κ3) is 6.14. The summed E-state index contributed by atoms with van der Waals surface area (Å²) in [4.78, 5) is 25.7. The third-order valence-corrected chi connectivity index (χ3v) is 9.61. The van der Waals surface area contributed by atoms with Crippen molar-refractivity contribution in [1.82, 2.24) is 0 Å². The number of anilines is 2. The fourth-order valence-corrected chi connectivity index (χ4v) is 6.56. The van der Waals surface area contributed by atoms with Crippen LogP contribution in [-0.2, 0) is 5.41 Å². The van der Waals surface area contributed by atoms with E-state index in [1.54, 1.807) is 36.4 Å². The molecule has 0 atom stereocenters. The summed E-state index contributed by atoms with van der Waals surface area (Å²) in [6.45, 7) is 4.91. The summed E-state index contributed by atoms with van der Waals surface area (Å²) in [6, 6.07) is 17.6. The molecule has 4 aromatic carbocycles. The molecule has 4 aromatic rings. The van der Waals surface area contributed by atoms with Crippen molar-refractivity contribution < 1.29 is 35.9 Å². The highest BCUT2D eigenvalue weighted by molar-refractivity contribution is 9.11. The van der Waals surface area contributed by atoms with Crippen LogP contribution in [0.15, 0.2) is 81.7 Å². The maximum atomic E-state index is 15.3. The predicted molar refractivity (Wildman–Crippen MR) is 169 cm³/mol. The molecule has 0 saturated heterocycles. The van der Waals surface area contributed by atoms with Gasteiger partial charge < -0.3 is 10.6 Å². The van der Waals surface area contributed by atoms with Gasteiger partial charge in [-0.1, -0.05) is 48.5 Å². The number of hydrogen-bond acceptors (Lipinski definition) is 2. The van der Waals surface area contributed by atoms with Crippen molar-refractivity contribution >= 4 is 55.0 Å². The lowest BCUT2D eigenvalue weighted by atomic mass is 9.69. The molecule has 236 valence electrons. The number of benzene rings is 4. The highest BCUT2D eigenvalue weighted by atomic mass is 79.9. The first-order valence-electron chi connectivity index (χ1n) is 13.4. The van der Waals surface area contributed by atoms with Gasteiger partial charge in [0, 0.05) is 20.1 Å². The van der Waals surface area contributed by atoms with Crippen molar-refractivity contribution in [3.05, 3.63) is 126 Å². The van der Waals surface area contributed by atoms with E-state index < -0.39 is 40.7 Å². The molecule has 2 amide bonds. The van der Waals surface area contributed by atoms with Crippen LogP contribution in [0.1, 0.15) is 54.1 Å². The number of halogens is 8. The van der Waals surface area contributed by atoms with E-state index in [4.69, 9.17) is 0 Å². The van der Waals surface area contributed by atoms with Gasteiger partial charge in [0.15, 0.2) is 0 Å². The fraction of sp³-hybridized carbons (Fsp3) is 0.212. The lowest BCUT2D eigenvalue weighted by molar-refractivity contribution is -0.289. The number of carbonyl (C=O) groups excluding carboxylic acids is 2. The summed E-state index contributed by atoms with van der Waals surface area (Å²) in [5.74, 6) is -1.18. The average Bonchev–Trinajstić information content (AvgIpc) is 2.98. The van der Waals surface area contributed by atoms with Crippen molar-refractivity contribution in [1.29, 1.82) is 0 Å². The summed E-state index contributed by atoms with van der Waals surface area (Å²) in [7, 11) is 0. The maximum Gasteiger partial charge on any atom is 0.411 e. The molecule has 0 fully saturated rings. The molecule has 0 unspecified atom stereocenters. The van der Waals surface area contributed by atoms with Crippen LogP contribution in [0, 0.1) is 27.7 Å². The van der Waals surface area contributed by atoms with Gasteiger partial charge in [-0.3, -0.25) is 9.59 Å². The van der Waals surface area contributed by atoms with Gasteiger partial charge in [0.25, 0.3) is 11.8 Å². The second-order valence-electron chi connectivity index (χ2n) is 10.5. The number of rotatable bonds is 6. The first-order valence-corrected chi connectivity index (χ1v) is 15.0. The van der Waals surface area contributed by atoms with Gasteiger partial charge in [-0.25, -0.2) is 0 Å². The fourth-order valence-electron chi connectivity index (χ4n) is 5.30. The Kier molecular flexibility index (Phi) is 9.61. The molecule has 0 aliphatic rings. The Hall–Kier alpha value is -3.64. The van der Waals surface area contributed by atoms with E-state index >= 15 is 26.3 Å². The molecule has 12 heteroatoms. The Balaban J connectivity index is 1.95. The molecule has 4 nitrogen and oxygen atoms in total. The number of aryl methyl sites for hydroxylation is 2. The van der Waals surface area contributed by atoms with Crippen molar-refractivity contribution in [3.8, 4) is 0 Å². The third-order valence-electron chi connectivity index (χ3n) is 7.62. The number of hydrogen-bond donors (Lipinski definition) is 2. The predicted octanol–water partition coefficient (Wildman–Crippen LogP) is 10.4. The van der Waals surface area contributed by atoms with E-state index in [9.17, 15) is 9.59 Å². The van der Waals surface area contributed by atoms with Gasteiger partial charge in [0.1, 0.15) is 0 Å². The van der Waals surface area contributed by atoms with Crippen LogP contribution in [0.5, 0.6) is 0 Å². The van der Waals surface area contributed by atoms with E-state index in [1.807, 2.05) is 0 Å². The molecular weight excluding hydrogens is 730 g/mol. The van der Waals surface area contributed by atoms with Crippen LogP contribution in [0.2, 0.25) is 0 Å². The van der Waals surface area contributed by atoms with Gasteiger partial charge >= 0.3 is 12.4 Å². The Labute approximate surface area is 272 Å². The number of alkyl halides is 6. The lowest BCUT2D eigenvalue weighted by Gasteiger charge is -2.41. The van der Waals surface area contributed by atoms with Crippen LogP contribution in [0.25, 0.3) is 0 Å². The van der Waals surface area contributed by atoms with Crippen LogP contribution >= 0.6 is 31.9 Å². The molecular formula is C33H26Br2F6N2O2. The Bertz CT molecular complexity index is 1640. The van der Waals surface area contributed by atoms with Crippen molar-refractivity contribution in [2.45, 2.75) is 45.5 Å². The van der Waals surface area contributed by atoms with Crippen LogP contribution in [0.4, 0.5) is 37.7 Å². The van der Waals surface area contributed by atoms with E-state index in [0.29, 0.717) is 0 Å². The molecule has 0 aromatic heterocycles. The summed E-state index contributed by atoms with van der Waals surface area (Å²) >= 11 is 6.37. The van der Waals surface area contributed by atoms with Crippen molar-refractivity contribution in [2.75, 3.05) is 10.6 Å². The number of nitrogens with one attached hydrogen (secondary N) is 2. The second kappa shape index (κ2) is 12.6. The standard InChI is InChI=1S/C33H26Br2F6N2O2/c1-17-15-23(19(3)25(34)27(17)42-29(44)21-11-7-5-8-12-21)31(32(36,37)38,33(39,40)41)24-16-18(2)28(26(35)20(24)4)43-30(45)22-13-9-6-10-14-22/h5-16H,1-4H3,(H,42,44)(H,43,45). The zero-order valence-corrected chi connectivity index (χ0v) is 27.4. The maximum absolute atomic E-state index is 15.3. The molecule has 4 rings (SSSR count). The quantitative estimate of drug-likeness (QED) is 0.193. The Morgan fingerprint density at radius 3 is 1.18 bits per heavy atom.